The topological polar surface area (TPSA) is 37.3 Å². The molecular weight excluding hydrogens is 555 g/mol. The second-order valence-electron chi connectivity index (χ2n) is 13.1. The van der Waals surface area contributed by atoms with Gasteiger partial charge < -0.3 is 9.90 Å². The third kappa shape index (κ3) is 9.59. The Hall–Kier alpha value is -1.31. The zero-order chi connectivity index (χ0) is 30.1. The van der Waals surface area contributed by atoms with Crippen molar-refractivity contribution in [3.05, 3.63) is 29.3 Å². The first-order chi connectivity index (χ1) is 19.4. The van der Waals surface area contributed by atoms with Crippen LogP contribution in [0.3, 0.4) is 0 Å². The fraction of sp³-hybridized carbons (Fsp3) is 0.788. The quantitative estimate of drug-likeness (QED) is 0.109. The molecule has 41 heavy (non-hydrogen) atoms. The molecular formula is C33H49F5O2S. The number of carbonyl (C=O) groups excluding carboxylic acids is 1. The van der Waals surface area contributed by atoms with Crippen molar-refractivity contribution in [2.75, 3.05) is 11.5 Å². The highest BCUT2D eigenvalue weighted by atomic mass is 32.2. The summed E-state index contributed by atoms with van der Waals surface area (Å²) in [5.41, 5.74) is 2.94. The molecule has 4 atom stereocenters. The zero-order valence-corrected chi connectivity index (χ0v) is 25.6. The molecule has 1 aromatic rings. The molecule has 0 aromatic heterocycles. The van der Waals surface area contributed by atoms with E-state index in [9.17, 15) is 31.9 Å². The Morgan fingerprint density at radius 3 is 2.29 bits per heavy atom. The molecule has 8 heteroatoms. The number of fused-ring (bicyclic) bond motifs is 3. The highest BCUT2D eigenvalue weighted by molar-refractivity contribution is 7.99. The molecule has 0 aliphatic heterocycles. The van der Waals surface area contributed by atoms with E-state index in [1.807, 2.05) is 12.1 Å². The number of benzene rings is 1. The number of phenols is 1. The minimum Gasteiger partial charge on any atom is -0.508 e. The Bertz CT molecular complexity index is 948. The molecule has 1 saturated carbocycles. The first kappa shape index (κ1) is 34.2. The number of unbranched alkanes of at least 4 members (excludes halogenated alkanes) is 6. The molecule has 2 aliphatic carbocycles. The summed E-state index contributed by atoms with van der Waals surface area (Å²) in [5, 5.41) is 10.2. The Labute approximate surface area is 247 Å². The van der Waals surface area contributed by atoms with Crippen LogP contribution in [-0.2, 0) is 11.2 Å². The molecule has 0 saturated heterocycles. The molecule has 2 aliphatic rings. The average Bonchev–Trinajstić information content (AvgIpc) is 2.89. The lowest BCUT2D eigenvalue weighted by atomic mass is 9.51. The molecule has 2 nitrogen and oxygen atoms in total. The standard InChI is InChI=1S/C33H49F5O2S/c1-31(2)18-16-28-27-15-14-26(40)23-25(27)22-24(30(28)29(31)13-10-19-39)12-8-6-4-3-5-7-9-20-41-21-11-17-32(34,35)33(36,37)38/h14-15,19,23-24,28-30,40H,3-13,16-18,20-22H2,1-2H3/t24-,28?,29?,30?/m1/s1. The lowest BCUT2D eigenvalue weighted by molar-refractivity contribution is -0.284. The van der Waals surface area contributed by atoms with Crippen molar-refractivity contribution in [2.45, 2.75) is 128 Å². The van der Waals surface area contributed by atoms with Crippen molar-refractivity contribution >= 4 is 18.0 Å². The van der Waals surface area contributed by atoms with E-state index in [4.69, 9.17) is 0 Å². The summed E-state index contributed by atoms with van der Waals surface area (Å²) >= 11 is 1.47. The van der Waals surface area contributed by atoms with Gasteiger partial charge in [-0.3, -0.25) is 0 Å². The molecule has 0 radical (unpaired) electrons. The third-order valence-electron chi connectivity index (χ3n) is 9.74. The molecule has 0 heterocycles. The molecule has 3 unspecified atom stereocenters. The summed E-state index contributed by atoms with van der Waals surface area (Å²) < 4.78 is 62.4. The summed E-state index contributed by atoms with van der Waals surface area (Å²) in [4.78, 5) is 11.3. The largest absolute Gasteiger partial charge is 0.508 e. The van der Waals surface area contributed by atoms with E-state index in [1.54, 1.807) is 0 Å². The first-order valence-electron chi connectivity index (χ1n) is 15.6. The number of thioether (sulfide) groups is 1. The Kier molecular flexibility index (Phi) is 12.9. The van der Waals surface area contributed by atoms with E-state index in [1.165, 1.54) is 55.0 Å². The van der Waals surface area contributed by atoms with Crippen LogP contribution in [0.4, 0.5) is 22.0 Å². The van der Waals surface area contributed by atoms with Gasteiger partial charge in [0.25, 0.3) is 0 Å². The van der Waals surface area contributed by atoms with Crippen LogP contribution in [0, 0.1) is 23.2 Å². The summed E-state index contributed by atoms with van der Waals surface area (Å²) in [6.07, 6.45) is 8.32. The molecule has 0 spiro atoms. The van der Waals surface area contributed by atoms with E-state index < -0.39 is 18.5 Å². The van der Waals surface area contributed by atoms with Gasteiger partial charge in [0.2, 0.25) is 0 Å². The third-order valence-corrected chi connectivity index (χ3v) is 10.9. The monoisotopic (exact) mass is 604 g/mol. The van der Waals surface area contributed by atoms with Gasteiger partial charge in [0, 0.05) is 12.8 Å². The normalized spacial score (nSPS) is 24.1. The van der Waals surface area contributed by atoms with Gasteiger partial charge in [-0.1, -0.05) is 58.4 Å². The van der Waals surface area contributed by atoms with Gasteiger partial charge in [0.15, 0.2) is 0 Å². The van der Waals surface area contributed by atoms with Gasteiger partial charge in [0.05, 0.1) is 0 Å². The lowest BCUT2D eigenvalue weighted by Crippen LogP contribution is -2.45. The Balaban J connectivity index is 1.37. The van der Waals surface area contributed by atoms with Gasteiger partial charge in [-0.05, 0) is 109 Å². The van der Waals surface area contributed by atoms with E-state index >= 15 is 0 Å². The number of hydrogen-bond acceptors (Lipinski definition) is 3. The number of aldehydes is 1. The number of halogens is 5. The van der Waals surface area contributed by atoms with Crippen molar-refractivity contribution < 1.29 is 31.9 Å². The van der Waals surface area contributed by atoms with Crippen molar-refractivity contribution in [1.82, 2.24) is 0 Å². The van der Waals surface area contributed by atoms with Gasteiger partial charge in [0.1, 0.15) is 12.0 Å². The van der Waals surface area contributed by atoms with Crippen molar-refractivity contribution in [1.29, 1.82) is 0 Å². The van der Waals surface area contributed by atoms with E-state index in [-0.39, 0.29) is 11.8 Å². The van der Waals surface area contributed by atoms with Crippen LogP contribution in [0.1, 0.15) is 121 Å². The number of carbonyl (C=O) groups is 1. The minimum atomic E-state index is -5.45. The number of alkyl halides is 5. The first-order valence-corrected chi connectivity index (χ1v) is 16.8. The van der Waals surface area contributed by atoms with Crippen LogP contribution in [-0.4, -0.2) is 35.0 Å². The fourth-order valence-electron chi connectivity index (χ4n) is 7.54. The average molecular weight is 605 g/mol. The zero-order valence-electron chi connectivity index (χ0n) is 24.8. The molecule has 234 valence electrons. The van der Waals surface area contributed by atoms with Crippen LogP contribution in [0.5, 0.6) is 5.75 Å². The molecule has 1 fully saturated rings. The summed E-state index contributed by atoms with van der Waals surface area (Å²) in [5.74, 6) is -0.912. The molecule has 1 N–H and O–H groups in total. The summed E-state index contributed by atoms with van der Waals surface area (Å²) in [7, 11) is 0. The highest BCUT2D eigenvalue weighted by Gasteiger charge is 2.56. The van der Waals surface area contributed by atoms with Gasteiger partial charge in [-0.2, -0.15) is 33.7 Å². The van der Waals surface area contributed by atoms with Crippen LogP contribution >= 0.6 is 11.8 Å². The van der Waals surface area contributed by atoms with Gasteiger partial charge in [-0.15, -0.1) is 0 Å². The van der Waals surface area contributed by atoms with E-state index in [0.717, 1.165) is 57.0 Å². The number of aromatic hydroxyl groups is 1. The molecule has 0 amide bonds. The van der Waals surface area contributed by atoms with Crippen LogP contribution in [0.25, 0.3) is 0 Å². The predicted octanol–water partition coefficient (Wildman–Crippen LogP) is 10.5. The van der Waals surface area contributed by atoms with Crippen molar-refractivity contribution in [3.63, 3.8) is 0 Å². The Morgan fingerprint density at radius 1 is 0.951 bits per heavy atom. The van der Waals surface area contributed by atoms with E-state index in [2.05, 4.69) is 19.9 Å². The number of hydrogen-bond donors (Lipinski definition) is 1. The van der Waals surface area contributed by atoms with Crippen LogP contribution in [0.15, 0.2) is 18.2 Å². The van der Waals surface area contributed by atoms with Crippen LogP contribution in [0.2, 0.25) is 0 Å². The SMILES string of the molecule is CC1(C)CCC2c3ccc(O)cc3C[C@@H](CCCCCCCCCSCCCC(F)(F)C(F)(F)F)C2C1CCC=O. The summed E-state index contributed by atoms with van der Waals surface area (Å²) in [6, 6.07) is 5.93. The molecule has 1 aromatic carbocycles. The second-order valence-corrected chi connectivity index (χ2v) is 14.3. The van der Waals surface area contributed by atoms with Crippen LogP contribution < -0.4 is 0 Å². The van der Waals surface area contributed by atoms with Gasteiger partial charge >= 0.3 is 12.1 Å². The maximum absolute atomic E-state index is 12.9. The van der Waals surface area contributed by atoms with Crippen molar-refractivity contribution in [2.24, 2.45) is 23.2 Å². The highest BCUT2D eigenvalue weighted by Crippen LogP contribution is 2.58. The van der Waals surface area contributed by atoms with E-state index in [0.29, 0.717) is 41.6 Å². The smallest absolute Gasteiger partial charge is 0.453 e. The lowest BCUT2D eigenvalue weighted by Gasteiger charge is -2.54. The maximum Gasteiger partial charge on any atom is 0.453 e. The molecule has 0 bridgehead atoms. The van der Waals surface area contributed by atoms with Crippen molar-refractivity contribution in [3.8, 4) is 5.75 Å². The molecule has 3 rings (SSSR count). The number of rotatable bonds is 17. The van der Waals surface area contributed by atoms with Gasteiger partial charge in [-0.25, -0.2) is 0 Å². The number of phenolic OH excluding ortho intramolecular Hbond substituents is 1. The maximum atomic E-state index is 12.9. The Morgan fingerprint density at radius 2 is 1.61 bits per heavy atom. The summed E-state index contributed by atoms with van der Waals surface area (Å²) in [6.45, 7) is 4.76. The second kappa shape index (κ2) is 15.4. The predicted molar refractivity (Wildman–Crippen MR) is 158 cm³/mol. The minimum absolute atomic E-state index is 0.123. The fourth-order valence-corrected chi connectivity index (χ4v) is 8.50.